The molecule has 1 rings (SSSR count). The van der Waals surface area contributed by atoms with Crippen LogP contribution in [0.4, 0.5) is 13.2 Å². The van der Waals surface area contributed by atoms with Crippen LogP contribution in [0.1, 0.15) is 5.56 Å². The lowest BCUT2D eigenvalue weighted by Gasteiger charge is -2.11. The highest BCUT2D eigenvalue weighted by atomic mass is 35.5. The zero-order chi connectivity index (χ0) is 14.3. The SMILES string of the molecule is COCC(Cl)CNCc1ccc(OC(F)(F)F)cc1. The number of rotatable bonds is 7. The molecule has 1 atom stereocenters. The lowest BCUT2D eigenvalue weighted by Crippen LogP contribution is -2.25. The zero-order valence-electron chi connectivity index (χ0n) is 10.3. The summed E-state index contributed by atoms with van der Waals surface area (Å²) in [4.78, 5) is 0. The van der Waals surface area contributed by atoms with E-state index < -0.39 is 6.36 Å². The first kappa shape index (κ1) is 16.1. The molecule has 0 heterocycles. The Morgan fingerprint density at radius 2 is 1.89 bits per heavy atom. The van der Waals surface area contributed by atoms with Gasteiger partial charge in [0.1, 0.15) is 5.75 Å². The highest BCUT2D eigenvalue weighted by Gasteiger charge is 2.30. The van der Waals surface area contributed by atoms with E-state index in [9.17, 15) is 13.2 Å². The Kier molecular flexibility index (Phi) is 6.41. The van der Waals surface area contributed by atoms with Crippen molar-refractivity contribution in [3.63, 3.8) is 0 Å². The Bertz CT molecular complexity index is 370. The van der Waals surface area contributed by atoms with Gasteiger partial charge in [-0.25, -0.2) is 0 Å². The second-order valence-electron chi connectivity index (χ2n) is 3.88. The second kappa shape index (κ2) is 7.57. The number of hydrogen-bond donors (Lipinski definition) is 1. The van der Waals surface area contributed by atoms with Crippen molar-refractivity contribution in [3.8, 4) is 5.75 Å². The molecule has 1 unspecified atom stereocenters. The van der Waals surface area contributed by atoms with Crippen molar-refractivity contribution in [2.75, 3.05) is 20.3 Å². The van der Waals surface area contributed by atoms with Crippen molar-refractivity contribution in [1.29, 1.82) is 0 Å². The van der Waals surface area contributed by atoms with Gasteiger partial charge in [-0.1, -0.05) is 12.1 Å². The molecule has 0 fully saturated rings. The summed E-state index contributed by atoms with van der Waals surface area (Å²) in [5, 5.41) is 2.94. The summed E-state index contributed by atoms with van der Waals surface area (Å²) >= 11 is 5.91. The van der Waals surface area contributed by atoms with Crippen LogP contribution in [0.5, 0.6) is 5.75 Å². The van der Waals surface area contributed by atoms with E-state index in [0.29, 0.717) is 19.7 Å². The van der Waals surface area contributed by atoms with E-state index in [4.69, 9.17) is 16.3 Å². The van der Waals surface area contributed by atoms with Crippen molar-refractivity contribution in [2.45, 2.75) is 18.3 Å². The summed E-state index contributed by atoms with van der Waals surface area (Å²) < 4.78 is 44.5. The molecule has 19 heavy (non-hydrogen) atoms. The number of alkyl halides is 4. The Labute approximate surface area is 114 Å². The molecular weight excluding hydrogens is 283 g/mol. The van der Waals surface area contributed by atoms with Gasteiger partial charge in [-0.3, -0.25) is 0 Å². The molecular formula is C12H15ClF3NO2. The van der Waals surface area contributed by atoms with Crippen molar-refractivity contribution < 1.29 is 22.6 Å². The topological polar surface area (TPSA) is 30.5 Å². The average Bonchev–Trinajstić information content (AvgIpc) is 2.30. The van der Waals surface area contributed by atoms with E-state index in [1.54, 1.807) is 19.2 Å². The first-order chi connectivity index (χ1) is 8.90. The lowest BCUT2D eigenvalue weighted by atomic mass is 10.2. The fourth-order valence-corrected chi connectivity index (χ4v) is 1.66. The number of methoxy groups -OCH3 is 1. The van der Waals surface area contributed by atoms with Crippen molar-refractivity contribution in [1.82, 2.24) is 5.32 Å². The van der Waals surface area contributed by atoms with Crippen molar-refractivity contribution in [2.24, 2.45) is 0 Å². The van der Waals surface area contributed by atoms with Gasteiger partial charge in [-0.05, 0) is 17.7 Å². The van der Waals surface area contributed by atoms with Gasteiger partial charge in [0.25, 0.3) is 0 Å². The van der Waals surface area contributed by atoms with Gasteiger partial charge in [0.05, 0.1) is 12.0 Å². The van der Waals surface area contributed by atoms with Gasteiger partial charge >= 0.3 is 6.36 Å². The quantitative estimate of drug-likeness (QED) is 0.785. The Balaban J connectivity index is 2.36. The molecule has 0 aliphatic carbocycles. The fraction of sp³-hybridized carbons (Fsp3) is 0.500. The maximum Gasteiger partial charge on any atom is 0.573 e. The van der Waals surface area contributed by atoms with Crippen LogP contribution in [-0.4, -0.2) is 32.0 Å². The van der Waals surface area contributed by atoms with Crippen LogP contribution in [0.2, 0.25) is 0 Å². The van der Waals surface area contributed by atoms with Gasteiger partial charge in [0.15, 0.2) is 0 Å². The van der Waals surface area contributed by atoms with Crippen molar-refractivity contribution >= 4 is 11.6 Å². The van der Waals surface area contributed by atoms with E-state index in [0.717, 1.165) is 5.56 Å². The van der Waals surface area contributed by atoms with E-state index in [1.807, 2.05) is 0 Å². The summed E-state index contributed by atoms with van der Waals surface area (Å²) in [6, 6.07) is 5.68. The number of nitrogens with one attached hydrogen (secondary N) is 1. The maximum atomic E-state index is 11.9. The zero-order valence-corrected chi connectivity index (χ0v) is 11.1. The largest absolute Gasteiger partial charge is 0.573 e. The van der Waals surface area contributed by atoms with Gasteiger partial charge in [0.2, 0.25) is 0 Å². The molecule has 0 saturated heterocycles. The second-order valence-corrected chi connectivity index (χ2v) is 4.49. The van der Waals surface area contributed by atoms with E-state index in [1.165, 1.54) is 12.1 Å². The van der Waals surface area contributed by atoms with Crippen molar-refractivity contribution in [3.05, 3.63) is 29.8 Å². The Morgan fingerprint density at radius 1 is 1.26 bits per heavy atom. The van der Waals surface area contributed by atoms with Crippen LogP contribution in [-0.2, 0) is 11.3 Å². The predicted octanol–water partition coefficient (Wildman–Crippen LogP) is 2.93. The maximum absolute atomic E-state index is 11.9. The molecule has 3 nitrogen and oxygen atoms in total. The lowest BCUT2D eigenvalue weighted by molar-refractivity contribution is -0.274. The molecule has 0 aliphatic rings. The molecule has 0 spiro atoms. The molecule has 0 aliphatic heterocycles. The van der Waals surface area contributed by atoms with E-state index in [-0.39, 0.29) is 11.1 Å². The van der Waals surface area contributed by atoms with E-state index >= 15 is 0 Å². The number of ether oxygens (including phenoxy) is 2. The molecule has 0 aromatic heterocycles. The summed E-state index contributed by atoms with van der Waals surface area (Å²) in [7, 11) is 1.56. The molecule has 1 N–H and O–H groups in total. The van der Waals surface area contributed by atoms with Gasteiger partial charge in [-0.2, -0.15) is 0 Å². The summed E-state index contributed by atoms with van der Waals surface area (Å²) in [5.41, 5.74) is 0.843. The van der Waals surface area contributed by atoms with Gasteiger partial charge in [-0.15, -0.1) is 24.8 Å². The molecule has 0 radical (unpaired) electrons. The Hall–Kier alpha value is -0.980. The third-order valence-electron chi connectivity index (χ3n) is 2.20. The van der Waals surface area contributed by atoms with Crippen LogP contribution < -0.4 is 10.1 Å². The Morgan fingerprint density at radius 3 is 2.42 bits per heavy atom. The predicted molar refractivity (Wildman–Crippen MR) is 66.3 cm³/mol. The molecule has 1 aromatic carbocycles. The molecule has 7 heteroatoms. The highest BCUT2D eigenvalue weighted by molar-refractivity contribution is 6.20. The van der Waals surface area contributed by atoms with Gasteiger partial charge in [0, 0.05) is 20.2 Å². The average molecular weight is 298 g/mol. The monoisotopic (exact) mass is 297 g/mol. The van der Waals surface area contributed by atoms with Crippen LogP contribution in [0.25, 0.3) is 0 Å². The minimum Gasteiger partial charge on any atom is -0.406 e. The van der Waals surface area contributed by atoms with E-state index in [2.05, 4.69) is 10.1 Å². The third kappa shape index (κ3) is 7.25. The summed E-state index contributed by atoms with van der Waals surface area (Å²) in [6.45, 7) is 1.50. The molecule has 0 amide bonds. The first-order valence-corrected chi connectivity index (χ1v) is 6.03. The van der Waals surface area contributed by atoms with Crippen LogP contribution >= 0.6 is 11.6 Å². The molecule has 0 saturated carbocycles. The minimum absolute atomic E-state index is 0.141. The van der Waals surface area contributed by atoms with Crippen LogP contribution in [0.3, 0.4) is 0 Å². The smallest absolute Gasteiger partial charge is 0.406 e. The number of hydrogen-bond acceptors (Lipinski definition) is 3. The highest BCUT2D eigenvalue weighted by Crippen LogP contribution is 2.22. The number of benzene rings is 1. The van der Waals surface area contributed by atoms with Crippen LogP contribution in [0.15, 0.2) is 24.3 Å². The standard InChI is InChI=1S/C12H15ClF3NO2/c1-18-8-10(13)7-17-6-9-2-4-11(5-3-9)19-12(14,15)16/h2-5,10,17H,6-8H2,1H3. The first-order valence-electron chi connectivity index (χ1n) is 5.59. The molecule has 0 bridgehead atoms. The molecule has 108 valence electrons. The van der Waals surface area contributed by atoms with Gasteiger partial charge < -0.3 is 14.8 Å². The van der Waals surface area contributed by atoms with Crippen LogP contribution in [0, 0.1) is 0 Å². The molecule has 1 aromatic rings. The third-order valence-corrected chi connectivity index (χ3v) is 2.48. The minimum atomic E-state index is -4.66. The number of halogens is 4. The fourth-order valence-electron chi connectivity index (χ4n) is 1.42. The summed E-state index contributed by atoms with van der Waals surface area (Å²) in [5.74, 6) is -0.231. The normalized spacial score (nSPS) is 13.3. The summed E-state index contributed by atoms with van der Waals surface area (Å²) in [6.07, 6.45) is -4.66.